The van der Waals surface area contributed by atoms with Crippen LogP contribution in [0, 0.1) is 0 Å². The Morgan fingerprint density at radius 1 is 0.791 bits per heavy atom. The van der Waals surface area contributed by atoms with Gasteiger partial charge in [0, 0.05) is 48.7 Å². The van der Waals surface area contributed by atoms with Gasteiger partial charge in [-0.25, -0.2) is 14.6 Å². The first-order chi connectivity index (χ1) is 20.5. The number of fused-ring (bicyclic) bond motifs is 2. The number of rotatable bonds is 13. The number of nitrogens with zero attached hydrogens (tertiary/aromatic N) is 3. The number of hydrogen-bond acceptors (Lipinski definition) is 11. The molecule has 1 amide bonds. The lowest BCUT2D eigenvalue weighted by atomic mass is 10.1. The summed E-state index contributed by atoms with van der Waals surface area (Å²) < 4.78 is 5.63. The summed E-state index contributed by atoms with van der Waals surface area (Å²) in [7, 11) is 0. The zero-order valence-electron chi connectivity index (χ0n) is 25.4. The van der Waals surface area contributed by atoms with Crippen LogP contribution in [0.1, 0.15) is 70.0 Å². The van der Waals surface area contributed by atoms with Crippen molar-refractivity contribution in [2.45, 2.75) is 77.2 Å². The summed E-state index contributed by atoms with van der Waals surface area (Å²) in [5.41, 5.74) is 2.28. The number of nitrogens with one attached hydrogen (secondary N) is 3. The normalized spacial score (nSPS) is 22.2. The topological polar surface area (TPSA) is 153 Å². The van der Waals surface area contributed by atoms with Crippen LogP contribution in [-0.2, 0) is 4.74 Å². The summed E-state index contributed by atoms with van der Waals surface area (Å²) in [6, 6.07) is 14.7. The Labute approximate surface area is 254 Å². The predicted molar refractivity (Wildman–Crippen MR) is 165 cm³/mol. The molecule has 2 heterocycles. The number of carbonyl (C=O) groups is 1. The summed E-state index contributed by atoms with van der Waals surface area (Å²) in [6.07, 6.45) is -1.23. The highest BCUT2D eigenvalue weighted by molar-refractivity contribution is 5.68. The Hall–Kier alpha value is -2.97. The van der Waals surface area contributed by atoms with Crippen LogP contribution in [0.2, 0.25) is 0 Å². The van der Waals surface area contributed by atoms with Crippen molar-refractivity contribution in [3.8, 4) is 0 Å². The van der Waals surface area contributed by atoms with E-state index in [2.05, 4.69) is 16.0 Å². The number of aliphatic hydroxyl groups is 4. The van der Waals surface area contributed by atoms with Gasteiger partial charge in [0.05, 0.1) is 0 Å². The van der Waals surface area contributed by atoms with Crippen LogP contribution in [0.4, 0.5) is 16.2 Å². The summed E-state index contributed by atoms with van der Waals surface area (Å²) in [4.78, 5) is 17.8. The Balaban J connectivity index is 1.17. The number of hydrogen-bond donors (Lipinski definition) is 7. The minimum absolute atomic E-state index is 0.377. The van der Waals surface area contributed by atoms with Gasteiger partial charge < -0.3 is 46.0 Å². The average molecular weight is 601 g/mol. The minimum atomic E-state index is -1.03. The van der Waals surface area contributed by atoms with Crippen LogP contribution in [0.25, 0.3) is 0 Å². The number of aliphatic hydroxyl groups excluding tert-OH is 4. The zero-order valence-corrected chi connectivity index (χ0v) is 25.4. The first-order valence-corrected chi connectivity index (χ1v) is 15.2. The third-order valence-electron chi connectivity index (χ3n) is 7.60. The van der Waals surface area contributed by atoms with Crippen molar-refractivity contribution in [2.75, 3.05) is 49.9 Å². The molecular weight excluding hydrogens is 552 g/mol. The summed E-state index contributed by atoms with van der Waals surface area (Å²) in [5.74, 6) is 0. The second-order valence-corrected chi connectivity index (χ2v) is 12.1. The van der Waals surface area contributed by atoms with Gasteiger partial charge in [0.15, 0.2) is 12.7 Å². The molecule has 0 spiro atoms. The number of ether oxygens (including phenoxy) is 1. The maximum Gasteiger partial charge on any atom is 0.410 e. The Kier molecular flexibility index (Phi) is 11.6. The summed E-state index contributed by atoms with van der Waals surface area (Å²) in [6.45, 7) is 8.87. The highest BCUT2D eigenvalue weighted by Crippen LogP contribution is 2.33. The third kappa shape index (κ3) is 9.02. The molecule has 0 aromatic heterocycles. The van der Waals surface area contributed by atoms with E-state index in [1.54, 1.807) is 14.7 Å². The van der Waals surface area contributed by atoms with Crippen molar-refractivity contribution in [1.82, 2.24) is 20.0 Å². The largest absolute Gasteiger partial charge is 0.444 e. The number of anilines is 2. The van der Waals surface area contributed by atoms with E-state index in [-0.39, 0.29) is 6.09 Å². The van der Waals surface area contributed by atoms with Crippen molar-refractivity contribution in [3.63, 3.8) is 0 Å². The molecule has 0 saturated carbocycles. The SMILES string of the molecule is CC(C)(C)OC(=O)N(CCCCNCCCN1C(O)Nc2ccccc2C1O)CCCN1C(O)Nc2ccccc2C1O. The molecule has 2 aromatic rings. The Morgan fingerprint density at radius 3 is 1.84 bits per heavy atom. The second-order valence-electron chi connectivity index (χ2n) is 12.1. The smallest absolute Gasteiger partial charge is 0.410 e. The maximum absolute atomic E-state index is 12.9. The van der Waals surface area contributed by atoms with Crippen LogP contribution in [0.15, 0.2) is 48.5 Å². The molecule has 0 saturated heterocycles. The van der Waals surface area contributed by atoms with Gasteiger partial charge in [-0.3, -0.25) is 0 Å². The van der Waals surface area contributed by atoms with E-state index in [9.17, 15) is 25.2 Å². The molecule has 0 radical (unpaired) electrons. The van der Waals surface area contributed by atoms with Gasteiger partial charge in [-0.15, -0.1) is 0 Å². The lowest BCUT2D eigenvalue weighted by molar-refractivity contribution is -0.0988. The zero-order chi connectivity index (χ0) is 31.0. The molecule has 2 aromatic carbocycles. The number of benzene rings is 2. The van der Waals surface area contributed by atoms with Crippen LogP contribution >= 0.6 is 0 Å². The quantitative estimate of drug-likeness (QED) is 0.170. The second kappa shape index (κ2) is 15.2. The lowest BCUT2D eigenvalue weighted by Gasteiger charge is -2.39. The molecule has 238 valence electrons. The summed E-state index contributed by atoms with van der Waals surface area (Å²) in [5, 5.41) is 51.8. The standard InChI is InChI=1S/C31H48N6O6/c1-31(2,3)43-30(42)35(19-11-21-37-27(39)23-13-5-7-15-25(23)34-29(37)41)18-9-8-16-32-17-10-20-36-26(38)22-12-4-6-14-24(22)33-28(36)40/h4-7,12-15,26-29,32-34,38-41H,8-11,16-21H2,1-3H3. The number of carbonyl (C=O) groups excluding carboxylic acids is 1. The van der Waals surface area contributed by atoms with E-state index in [4.69, 9.17) is 4.74 Å². The summed E-state index contributed by atoms with van der Waals surface area (Å²) >= 11 is 0. The molecule has 0 aliphatic carbocycles. The van der Waals surface area contributed by atoms with Crippen molar-refractivity contribution in [3.05, 3.63) is 59.7 Å². The van der Waals surface area contributed by atoms with Crippen molar-refractivity contribution in [2.24, 2.45) is 0 Å². The Morgan fingerprint density at radius 2 is 1.28 bits per heavy atom. The van der Waals surface area contributed by atoms with Crippen molar-refractivity contribution in [1.29, 1.82) is 0 Å². The van der Waals surface area contributed by atoms with Gasteiger partial charge >= 0.3 is 6.09 Å². The molecule has 12 heteroatoms. The first-order valence-electron chi connectivity index (χ1n) is 15.2. The minimum Gasteiger partial charge on any atom is -0.444 e. The van der Waals surface area contributed by atoms with E-state index in [1.807, 2.05) is 69.3 Å². The van der Waals surface area contributed by atoms with Gasteiger partial charge in [0.1, 0.15) is 18.1 Å². The highest BCUT2D eigenvalue weighted by atomic mass is 16.6. The van der Waals surface area contributed by atoms with Crippen LogP contribution in [-0.4, -0.2) is 98.8 Å². The monoisotopic (exact) mass is 600 g/mol. The molecule has 0 bridgehead atoms. The predicted octanol–water partition coefficient (Wildman–Crippen LogP) is 2.76. The van der Waals surface area contributed by atoms with Gasteiger partial charge in [-0.05, 0) is 71.7 Å². The number of para-hydroxylation sites is 2. The molecule has 2 aliphatic heterocycles. The van der Waals surface area contributed by atoms with E-state index in [1.165, 1.54) is 0 Å². The fraction of sp³-hybridized carbons (Fsp3) is 0.581. The van der Waals surface area contributed by atoms with E-state index >= 15 is 0 Å². The lowest BCUT2D eigenvalue weighted by Crippen LogP contribution is -2.48. The molecular formula is C31H48N6O6. The van der Waals surface area contributed by atoms with Crippen molar-refractivity contribution < 1.29 is 30.0 Å². The van der Waals surface area contributed by atoms with Crippen LogP contribution in [0.5, 0.6) is 0 Å². The molecule has 2 aliphatic rings. The highest BCUT2D eigenvalue weighted by Gasteiger charge is 2.32. The molecule has 0 fully saturated rings. The van der Waals surface area contributed by atoms with E-state index < -0.39 is 30.8 Å². The molecule has 4 atom stereocenters. The van der Waals surface area contributed by atoms with Gasteiger partial charge in [0.2, 0.25) is 0 Å². The van der Waals surface area contributed by atoms with Gasteiger partial charge in [-0.1, -0.05) is 36.4 Å². The molecule has 12 nitrogen and oxygen atoms in total. The third-order valence-corrected chi connectivity index (χ3v) is 7.60. The van der Waals surface area contributed by atoms with Crippen molar-refractivity contribution >= 4 is 17.5 Å². The van der Waals surface area contributed by atoms with Crippen LogP contribution in [0.3, 0.4) is 0 Å². The van der Waals surface area contributed by atoms with E-state index in [0.29, 0.717) is 43.9 Å². The van der Waals surface area contributed by atoms with E-state index in [0.717, 1.165) is 43.6 Å². The first kappa shape index (κ1) is 32.9. The van der Waals surface area contributed by atoms with Gasteiger partial charge in [0.25, 0.3) is 0 Å². The fourth-order valence-electron chi connectivity index (χ4n) is 5.39. The fourth-order valence-corrected chi connectivity index (χ4v) is 5.39. The number of unbranched alkanes of at least 4 members (excludes halogenated alkanes) is 1. The molecule has 4 rings (SSSR count). The molecule has 4 unspecified atom stereocenters. The average Bonchev–Trinajstić information content (AvgIpc) is 2.95. The Bertz CT molecular complexity index is 1180. The maximum atomic E-state index is 12.9. The number of amides is 1. The molecule has 43 heavy (non-hydrogen) atoms. The van der Waals surface area contributed by atoms with Gasteiger partial charge in [-0.2, -0.15) is 0 Å². The van der Waals surface area contributed by atoms with Crippen LogP contribution < -0.4 is 16.0 Å². The molecule has 7 N–H and O–H groups in total.